The van der Waals surface area contributed by atoms with Gasteiger partial charge in [0.2, 0.25) is 5.95 Å². The highest BCUT2D eigenvalue weighted by atomic mass is 19.1. The first kappa shape index (κ1) is 11.5. The zero-order chi connectivity index (χ0) is 12.1. The van der Waals surface area contributed by atoms with Gasteiger partial charge in [-0.25, -0.2) is 14.4 Å². The van der Waals surface area contributed by atoms with E-state index in [1.807, 2.05) is 19.1 Å². The summed E-state index contributed by atoms with van der Waals surface area (Å²) < 4.78 is 12.9. The molecule has 0 fully saturated rings. The third kappa shape index (κ3) is 3.52. The third-order valence-corrected chi connectivity index (χ3v) is 2.38. The number of nitrogens with zero attached hydrogens (tertiary/aromatic N) is 2. The van der Waals surface area contributed by atoms with E-state index in [9.17, 15) is 4.39 Å². The van der Waals surface area contributed by atoms with Gasteiger partial charge in [0.05, 0.1) is 0 Å². The van der Waals surface area contributed by atoms with E-state index in [2.05, 4.69) is 15.3 Å². The highest BCUT2D eigenvalue weighted by Gasteiger charge is 1.97. The van der Waals surface area contributed by atoms with E-state index in [-0.39, 0.29) is 5.82 Å². The van der Waals surface area contributed by atoms with Crippen molar-refractivity contribution in [3.05, 3.63) is 53.6 Å². The number of aryl methyl sites for hydroxylation is 1. The molecule has 88 valence electrons. The average molecular weight is 231 g/mol. The van der Waals surface area contributed by atoms with E-state index in [1.165, 1.54) is 6.07 Å². The summed E-state index contributed by atoms with van der Waals surface area (Å²) in [7, 11) is 0. The van der Waals surface area contributed by atoms with Crippen LogP contribution >= 0.6 is 0 Å². The molecule has 0 aliphatic rings. The van der Waals surface area contributed by atoms with Crippen molar-refractivity contribution < 1.29 is 4.39 Å². The summed E-state index contributed by atoms with van der Waals surface area (Å²) in [6.07, 6.45) is 2.46. The molecular weight excluding hydrogens is 217 g/mol. The minimum absolute atomic E-state index is 0.200. The van der Waals surface area contributed by atoms with Gasteiger partial charge in [0, 0.05) is 18.4 Å². The average Bonchev–Trinajstić information content (AvgIpc) is 2.29. The predicted molar refractivity (Wildman–Crippen MR) is 65.4 cm³/mol. The van der Waals surface area contributed by atoms with Crippen LogP contribution in [-0.2, 0) is 6.42 Å². The molecule has 0 atom stereocenters. The van der Waals surface area contributed by atoms with Crippen LogP contribution in [0, 0.1) is 12.7 Å². The second-order valence-corrected chi connectivity index (χ2v) is 3.83. The molecule has 3 nitrogen and oxygen atoms in total. The Morgan fingerprint density at radius 1 is 1.29 bits per heavy atom. The second-order valence-electron chi connectivity index (χ2n) is 3.83. The van der Waals surface area contributed by atoms with Crippen LogP contribution in [0.2, 0.25) is 0 Å². The molecule has 1 aromatic carbocycles. The lowest BCUT2D eigenvalue weighted by atomic mass is 10.1. The number of benzene rings is 1. The molecule has 17 heavy (non-hydrogen) atoms. The van der Waals surface area contributed by atoms with E-state index in [0.717, 1.165) is 17.7 Å². The lowest BCUT2D eigenvalue weighted by Gasteiger charge is -2.05. The predicted octanol–water partition coefficient (Wildman–Crippen LogP) is 2.58. The molecule has 1 heterocycles. The summed E-state index contributed by atoms with van der Waals surface area (Å²) in [6, 6.07) is 8.45. The molecule has 1 N–H and O–H groups in total. The normalized spacial score (nSPS) is 10.2. The van der Waals surface area contributed by atoms with E-state index in [0.29, 0.717) is 12.5 Å². The van der Waals surface area contributed by atoms with E-state index in [4.69, 9.17) is 0 Å². The molecule has 4 heteroatoms. The first-order valence-electron chi connectivity index (χ1n) is 5.52. The van der Waals surface area contributed by atoms with Gasteiger partial charge in [0.15, 0.2) is 0 Å². The molecule has 0 aliphatic carbocycles. The number of aromatic nitrogens is 2. The Morgan fingerprint density at radius 3 is 2.94 bits per heavy atom. The van der Waals surface area contributed by atoms with E-state index < -0.39 is 0 Å². The monoisotopic (exact) mass is 231 g/mol. The van der Waals surface area contributed by atoms with Crippen LogP contribution in [-0.4, -0.2) is 16.5 Å². The first-order chi connectivity index (χ1) is 8.24. The second kappa shape index (κ2) is 5.39. The number of rotatable bonds is 4. The van der Waals surface area contributed by atoms with Gasteiger partial charge in [-0.1, -0.05) is 12.1 Å². The number of anilines is 1. The van der Waals surface area contributed by atoms with Crippen molar-refractivity contribution >= 4 is 5.95 Å². The number of hydrogen-bond donors (Lipinski definition) is 1. The fraction of sp³-hybridized carbons (Fsp3) is 0.231. The van der Waals surface area contributed by atoms with Crippen molar-refractivity contribution in [2.75, 3.05) is 11.9 Å². The van der Waals surface area contributed by atoms with Crippen LogP contribution in [0.25, 0.3) is 0 Å². The number of nitrogens with one attached hydrogen (secondary N) is 1. The van der Waals surface area contributed by atoms with Crippen LogP contribution in [0.5, 0.6) is 0 Å². The molecule has 0 saturated heterocycles. The van der Waals surface area contributed by atoms with Crippen molar-refractivity contribution in [2.24, 2.45) is 0 Å². The fourth-order valence-electron chi connectivity index (χ4n) is 1.55. The SMILES string of the molecule is Cc1ccnc(NCCc2cccc(F)c2)n1. The molecule has 0 saturated carbocycles. The molecule has 1 aromatic heterocycles. The maximum absolute atomic E-state index is 12.9. The summed E-state index contributed by atoms with van der Waals surface area (Å²) in [4.78, 5) is 8.32. The van der Waals surface area contributed by atoms with E-state index in [1.54, 1.807) is 18.3 Å². The van der Waals surface area contributed by atoms with Crippen molar-refractivity contribution in [1.29, 1.82) is 0 Å². The van der Waals surface area contributed by atoms with Crippen LogP contribution < -0.4 is 5.32 Å². The van der Waals surface area contributed by atoms with Gasteiger partial charge in [0.25, 0.3) is 0 Å². The number of hydrogen-bond acceptors (Lipinski definition) is 3. The molecule has 2 rings (SSSR count). The minimum Gasteiger partial charge on any atom is -0.354 e. The highest BCUT2D eigenvalue weighted by molar-refractivity contribution is 5.25. The molecule has 0 radical (unpaired) electrons. The Kier molecular flexibility index (Phi) is 3.65. The third-order valence-electron chi connectivity index (χ3n) is 2.38. The maximum atomic E-state index is 12.9. The minimum atomic E-state index is -0.200. The smallest absolute Gasteiger partial charge is 0.222 e. The van der Waals surface area contributed by atoms with Crippen molar-refractivity contribution in [2.45, 2.75) is 13.3 Å². The fourth-order valence-corrected chi connectivity index (χ4v) is 1.55. The van der Waals surface area contributed by atoms with Gasteiger partial charge < -0.3 is 5.32 Å². The zero-order valence-electron chi connectivity index (χ0n) is 9.65. The van der Waals surface area contributed by atoms with Crippen molar-refractivity contribution in [3.8, 4) is 0 Å². The largest absolute Gasteiger partial charge is 0.354 e. The summed E-state index contributed by atoms with van der Waals surface area (Å²) in [5, 5.41) is 3.11. The van der Waals surface area contributed by atoms with Gasteiger partial charge in [-0.15, -0.1) is 0 Å². The van der Waals surface area contributed by atoms with Crippen LogP contribution in [0.15, 0.2) is 36.5 Å². The van der Waals surface area contributed by atoms with Gasteiger partial charge in [-0.3, -0.25) is 0 Å². The Morgan fingerprint density at radius 2 is 2.18 bits per heavy atom. The van der Waals surface area contributed by atoms with Crippen LogP contribution in [0.3, 0.4) is 0 Å². The lowest BCUT2D eigenvalue weighted by molar-refractivity contribution is 0.625. The summed E-state index contributed by atoms with van der Waals surface area (Å²) in [5.74, 6) is 0.413. The molecule has 0 aliphatic heterocycles. The highest BCUT2D eigenvalue weighted by Crippen LogP contribution is 2.05. The van der Waals surface area contributed by atoms with Crippen LogP contribution in [0.4, 0.5) is 10.3 Å². The molecule has 0 amide bonds. The molecule has 2 aromatic rings. The molecule has 0 bridgehead atoms. The van der Waals surface area contributed by atoms with Gasteiger partial charge >= 0.3 is 0 Å². The first-order valence-corrected chi connectivity index (χ1v) is 5.52. The van der Waals surface area contributed by atoms with Crippen molar-refractivity contribution in [1.82, 2.24) is 9.97 Å². The Labute approximate surface area is 99.7 Å². The maximum Gasteiger partial charge on any atom is 0.222 e. The summed E-state index contributed by atoms with van der Waals surface area (Å²) >= 11 is 0. The lowest BCUT2D eigenvalue weighted by Crippen LogP contribution is -2.08. The number of halogens is 1. The Bertz CT molecular complexity index is 454. The van der Waals surface area contributed by atoms with Crippen LogP contribution in [0.1, 0.15) is 11.3 Å². The molecular formula is C13H14FN3. The van der Waals surface area contributed by atoms with Gasteiger partial charge in [-0.05, 0) is 37.1 Å². The zero-order valence-corrected chi connectivity index (χ0v) is 9.65. The quantitative estimate of drug-likeness (QED) is 0.878. The topological polar surface area (TPSA) is 37.8 Å². The molecule has 0 unspecified atom stereocenters. The Hall–Kier alpha value is -1.97. The van der Waals surface area contributed by atoms with Crippen molar-refractivity contribution in [3.63, 3.8) is 0 Å². The molecule has 0 spiro atoms. The Balaban J connectivity index is 1.87. The summed E-state index contributed by atoms with van der Waals surface area (Å²) in [6.45, 7) is 2.60. The van der Waals surface area contributed by atoms with Gasteiger partial charge in [-0.2, -0.15) is 0 Å². The van der Waals surface area contributed by atoms with E-state index >= 15 is 0 Å². The summed E-state index contributed by atoms with van der Waals surface area (Å²) in [5.41, 5.74) is 1.89. The standard InChI is InChI=1S/C13H14FN3/c1-10-5-7-15-13(17-10)16-8-6-11-3-2-4-12(14)9-11/h2-5,7,9H,6,8H2,1H3,(H,15,16,17). The van der Waals surface area contributed by atoms with Gasteiger partial charge in [0.1, 0.15) is 5.82 Å².